The van der Waals surface area contributed by atoms with Gasteiger partial charge in [0.25, 0.3) is 0 Å². The molecule has 0 bridgehead atoms. The van der Waals surface area contributed by atoms with E-state index in [1.807, 2.05) is 18.5 Å². The fourth-order valence-corrected chi connectivity index (χ4v) is 2.40. The molecule has 5 heteroatoms. The lowest BCUT2D eigenvalue weighted by atomic mass is 10.2. The van der Waals surface area contributed by atoms with E-state index >= 15 is 0 Å². The Hall–Kier alpha value is -0.660. The first-order valence-corrected chi connectivity index (χ1v) is 6.70. The highest BCUT2D eigenvalue weighted by molar-refractivity contribution is 14.1. The number of hydrogen-bond donors (Lipinski definition) is 1. The van der Waals surface area contributed by atoms with E-state index in [-0.39, 0.29) is 6.61 Å². The molecule has 0 atom stereocenters. The van der Waals surface area contributed by atoms with Crippen LogP contribution in [0.5, 0.6) is 0 Å². The van der Waals surface area contributed by atoms with Crippen molar-refractivity contribution in [2.45, 2.75) is 13.0 Å². The maximum absolute atomic E-state index is 8.81. The molecule has 0 fully saturated rings. The van der Waals surface area contributed by atoms with Gasteiger partial charge in [0.1, 0.15) is 9.35 Å². The molecule has 4 nitrogen and oxygen atoms in total. The average Bonchev–Trinajstić information content (AvgIpc) is 2.70. The standard InChI is InChI=1S/C12H16IN3O/c1-15(5-3-7-17)9-10-4-2-6-16-11(13)8-14-12(10)16/h2,4,6,8,17H,3,5,7,9H2,1H3. The SMILES string of the molecule is CN(CCCO)Cc1cccn2c(I)cnc12. The van der Waals surface area contributed by atoms with E-state index in [4.69, 9.17) is 5.11 Å². The molecule has 2 aromatic rings. The minimum absolute atomic E-state index is 0.246. The van der Waals surface area contributed by atoms with Gasteiger partial charge in [0.15, 0.2) is 0 Å². The number of fused-ring (bicyclic) bond motifs is 1. The number of aliphatic hydroxyl groups is 1. The number of halogens is 1. The van der Waals surface area contributed by atoms with E-state index < -0.39 is 0 Å². The third kappa shape index (κ3) is 2.97. The number of hydrogen-bond acceptors (Lipinski definition) is 3. The Morgan fingerprint density at radius 3 is 3.12 bits per heavy atom. The number of pyridine rings is 1. The first-order chi connectivity index (χ1) is 8.22. The molecule has 1 N–H and O–H groups in total. The highest BCUT2D eigenvalue weighted by atomic mass is 127. The first-order valence-electron chi connectivity index (χ1n) is 5.62. The average molecular weight is 345 g/mol. The second-order valence-electron chi connectivity index (χ2n) is 4.12. The van der Waals surface area contributed by atoms with Crippen molar-refractivity contribution in [1.29, 1.82) is 0 Å². The lowest BCUT2D eigenvalue weighted by Crippen LogP contribution is -2.20. The van der Waals surface area contributed by atoms with Gasteiger partial charge in [-0.25, -0.2) is 4.98 Å². The van der Waals surface area contributed by atoms with Crippen LogP contribution in [0, 0.1) is 3.70 Å². The molecule has 0 aromatic carbocycles. The Labute approximate surface area is 114 Å². The van der Waals surface area contributed by atoms with Crippen molar-refractivity contribution < 1.29 is 5.11 Å². The zero-order valence-electron chi connectivity index (χ0n) is 9.80. The van der Waals surface area contributed by atoms with Crippen LogP contribution in [0.3, 0.4) is 0 Å². The predicted octanol–water partition coefficient (Wildman–Crippen LogP) is 1.75. The van der Waals surface area contributed by atoms with Crippen molar-refractivity contribution in [3.8, 4) is 0 Å². The van der Waals surface area contributed by atoms with Gasteiger partial charge < -0.3 is 10.0 Å². The molecule has 0 saturated carbocycles. The van der Waals surface area contributed by atoms with E-state index in [1.54, 1.807) is 0 Å². The van der Waals surface area contributed by atoms with Crippen molar-refractivity contribution in [3.05, 3.63) is 33.8 Å². The monoisotopic (exact) mass is 345 g/mol. The molecule has 2 rings (SSSR count). The number of rotatable bonds is 5. The summed E-state index contributed by atoms with van der Waals surface area (Å²) < 4.78 is 3.22. The Morgan fingerprint density at radius 2 is 2.35 bits per heavy atom. The lowest BCUT2D eigenvalue weighted by molar-refractivity contribution is 0.244. The smallest absolute Gasteiger partial charge is 0.142 e. The maximum atomic E-state index is 8.81. The Morgan fingerprint density at radius 1 is 1.53 bits per heavy atom. The van der Waals surface area contributed by atoms with Crippen molar-refractivity contribution in [3.63, 3.8) is 0 Å². The summed E-state index contributed by atoms with van der Waals surface area (Å²) in [6.07, 6.45) is 4.72. The number of nitrogens with zero attached hydrogens (tertiary/aromatic N) is 3. The quantitative estimate of drug-likeness (QED) is 0.840. The number of imidazole rings is 1. The lowest BCUT2D eigenvalue weighted by Gasteiger charge is -2.16. The third-order valence-corrected chi connectivity index (χ3v) is 3.51. The maximum Gasteiger partial charge on any atom is 0.142 e. The number of aromatic nitrogens is 2. The molecule has 0 amide bonds. The molecule has 17 heavy (non-hydrogen) atoms. The summed E-state index contributed by atoms with van der Waals surface area (Å²) >= 11 is 2.28. The molecule has 0 unspecified atom stereocenters. The van der Waals surface area contributed by atoms with Gasteiger partial charge in [0, 0.05) is 31.5 Å². The molecular formula is C12H16IN3O. The van der Waals surface area contributed by atoms with Crippen LogP contribution in [0.25, 0.3) is 5.65 Å². The third-order valence-electron chi connectivity index (χ3n) is 2.71. The van der Waals surface area contributed by atoms with Crippen LogP contribution in [-0.4, -0.2) is 39.6 Å². The van der Waals surface area contributed by atoms with E-state index in [9.17, 15) is 0 Å². The van der Waals surface area contributed by atoms with E-state index in [2.05, 4.69) is 50.0 Å². The Bertz CT molecular complexity index is 497. The molecule has 0 spiro atoms. The molecule has 0 saturated heterocycles. The number of aliphatic hydroxyl groups excluding tert-OH is 1. The summed E-state index contributed by atoms with van der Waals surface area (Å²) in [5.41, 5.74) is 2.24. The molecule has 0 radical (unpaired) electrons. The van der Waals surface area contributed by atoms with Gasteiger partial charge in [0.05, 0.1) is 6.20 Å². The zero-order chi connectivity index (χ0) is 12.3. The highest BCUT2D eigenvalue weighted by Gasteiger charge is 2.07. The second kappa shape index (κ2) is 5.79. The van der Waals surface area contributed by atoms with Gasteiger partial charge in [-0.2, -0.15) is 0 Å². The summed E-state index contributed by atoms with van der Waals surface area (Å²) in [6, 6.07) is 4.15. The molecule has 0 aliphatic carbocycles. The molecular weight excluding hydrogens is 329 g/mol. The van der Waals surface area contributed by atoms with Gasteiger partial charge in [0.2, 0.25) is 0 Å². The minimum atomic E-state index is 0.246. The van der Waals surface area contributed by atoms with Crippen molar-refractivity contribution in [2.24, 2.45) is 0 Å². The van der Waals surface area contributed by atoms with Crippen molar-refractivity contribution in [1.82, 2.24) is 14.3 Å². The zero-order valence-corrected chi connectivity index (χ0v) is 12.0. The van der Waals surface area contributed by atoms with Gasteiger partial charge in [-0.05, 0) is 42.1 Å². The molecule has 0 aliphatic heterocycles. The summed E-state index contributed by atoms with van der Waals surface area (Å²) in [7, 11) is 2.06. The van der Waals surface area contributed by atoms with Crippen molar-refractivity contribution >= 4 is 28.2 Å². The summed E-state index contributed by atoms with van der Waals surface area (Å²) in [6.45, 7) is 2.00. The van der Waals surface area contributed by atoms with Gasteiger partial charge in [-0.3, -0.25) is 4.40 Å². The summed E-state index contributed by atoms with van der Waals surface area (Å²) in [5.74, 6) is 0. The van der Waals surface area contributed by atoms with Crippen LogP contribution in [0.15, 0.2) is 24.5 Å². The Balaban J connectivity index is 2.18. The molecule has 92 valence electrons. The van der Waals surface area contributed by atoms with Crippen LogP contribution < -0.4 is 0 Å². The predicted molar refractivity (Wildman–Crippen MR) is 75.9 cm³/mol. The van der Waals surface area contributed by atoms with Crippen LogP contribution in [-0.2, 0) is 6.54 Å². The van der Waals surface area contributed by atoms with Crippen LogP contribution in [0.4, 0.5) is 0 Å². The molecule has 2 heterocycles. The summed E-state index contributed by atoms with van der Waals surface area (Å²) in [4.78, 5) is 6.63. The fourth-order valence-electron chi connectivity index (χ4n) is 1.87. The Kier molecular flexibility index (Phi) is 4.36. The van der Waals surface area contributed by atoms with E-state index in [1.165, 1.54) is 5.56 Å². The second-order valence-corrected chi connectivity index (χ2v) is 5.23. The largest absolute Gasteiger partial charge is 0.396 e. The minimum Gasteiger partial charge on any atom is -0.396 e. The fraction of sp³-hybridized carbons (Fsp3) is 0.417. The normalized spacial score (nSPS) is 11.5. The van der Waals surface area contributed by atoms with Crippen LogP contribution in [0.1, 0.15) is 12.0 Å². The summed E-state index contributed by atoms with van der Waals surface area (Å²) in [5, 5.41) is 8.81. The molecule has 0 aliphatic rings. The topological polar surface area (TPSA) is 40.8 Å². The van der Waals surface area contributed by atoms with Gasteiger partial charge in [-0.15, -0.1) is 0 Å². The van der Waals surface area contributed by atoms with Crippen LogP contribution in [0.2, 0.25) is 0 Å². The van der Waals surface area contributed by atoms with Crippen molar-refractivity contribution in [2.75, 3.05) is 20.2 Å². The van der Waals surface area contributed by atoms with E-state index in [0.29, 0.717) is 0 Å². The van der Waals surface area contributed by atoms with Crippen LogP contribution >= 0.6 is 22.6 Å². The highest BCUT2D eigenvalue weighted by Crippen LogP contribution is 2.15. The molecule has 2 aromatic heterocycles. The van der Waals surface area contributed by atoms with Gasteiger partial charge in [-0.1, -0.05) is 6.07 Å². The van der Waals surface area contributed by atoms with Gasteiger partial charge >= 0.3 is 0 Å². The first kappa shape index (κ1) is 12.8. The van der Waals surface area contributed by atoms with E-state index in [0.717, 1.165) is 28.9 Å².